The molecule has 3 aromatic rings. The van der Waals surface area contributed by atoms with Gasteiger partial charge in [0, 0.05) is 6.54 Å². The van der Waals surface area contributed by atoms with E-state index in [1.54, 1.807) is 11.8 Å². The number of aromatic nitrogens is 1. The Balaban J connectivity index is 1.91. The maximum atomic E-state index is 6.42. The van der Waals surface area contributed by atoms with E-state index < -0.39 is 0 Å². The Morgan fingerprint density at radius 3 is 2.76 bits per heavy atom. The van der Waals surface area contributed by atoms with Crippen LogP contribution in [0, 0.1) is 0 Å². The standard InChI is InChI=1S/C19H19Cl2N2OS/c1-3-22-15(11-16-23(4-2)18(20)19(21)25-16)24-14-10-9-12-7-5-6-8-13(12)17(14)22/h5-11,18-19H,3-4H2,1-2H3/q+1. The van der Waals surface area contributed by atoms with Gasteiger partial charge in [0.25, 0.3) is 5.52 Å². The minimum Gasteiger partial charge on any atom is -0.398 e. The van der Waals surface area contributed by atoms with Gasteiger partial charge in [-0.2, -0.15) is 4.57 Å². The quantitative estimate of drug-likeness (QED) is 0.338. The number of thioether (sulfide) groups is 1. The SMILES string of the molecule is CCN1C(=Cc2oc3ccc4ccccc4c3[n+]2CC)SC(Cl)C1Cl. The second-order valence-electron chi connectivity index (χ2n) is 5.93. The fourth-order valence-electron chi connectivity index (χ4n) is 3.35. The summed E-state index contributed by atoms with van der Waals surface area (Å²) in [7, 11) is 0. The van der Waals surface area contributed by atoms with Gasteiger partial charge in [0.15, 0.2) is 0 Å². The third kappa shape index (κ3) is 2.80. The number of hydrogen-bond acceptors (Lipinski definition) is 3. The van der Waals surface area contributed by atoms with Crippen molar-refractivity contribution in [1.29, 1.82) is 0 Å². The van der Waals surface area contributed by atoms with Crippen molar-refractivity contribution in [2.45, 2.75) is 30.6 Å². The minimum absolute atomic E-state index is 0.159. The summed E-state index contributed by atoms with van der Waals surface area (Å²) in [4.78, 5) is 2.11. The number of alkyl halides is 2. The Labute approximate surface area is 161 Å². The summed E-state index contributed by atoms with van der Waals surface area (Å²) in [6, 6.07) is 12.5. The van der Waals surface area contributed by atoms with Gasteiger partial charge in [-0.15, -0.1) is 11.6 Å². The molecule has 0 bridgehead atoms. The summed E-state index contributed by atoms with van der Waals surface area (Å²) in [5.74, 6) is 0.824. The highest BCUT2D eigenvalue weighted by molar-refractivity contribution is 8.05. The molecule has 4 rings (SSSR count). The van der Waals surface area contributed by atoms with E-state index >= 15 is 0 Å². The van der Waals surface area contributed by atoms with E-state index in [2.05, 4.69) is 59.7 Å². The average Bonchev–Trinajstić information content (AvgIpc) is 3.12. The van der Waals surface area contributed by atoms with Crippen molar-refractivity contribution in [3.05, 3.63) is 47.3 Å². The Hall–Kier alpha value is -1.36. The lowest BCUT2D eigenvalue weighted by Gasteiger charge is -2.20. The molecule has 130 valence electrons. The first-order valence-electron chi connectivity index (χ1n) is 8.41. The first kappa shape index (κ1) is 17.1. The lowest BCUT2D eigenvalue weighted by atomic mass is 10.1. The van der Waals surface area contributed by atoms with Crippen LogP contribution in [0.2, 0.25) is 0 Å². The van der Waals surface area contributed by atoms with Crippen LogP contribution in [0.3, 0.4) is 0 Å². The molecule has 1 aliphatic heterocycles. The third-order valence-corrected chi connectivity index (χ3v) is 6.90. The average molecular weight is 394 g/mol. The largest absolute Gasteiger partial charge is 0.398 e. The molecule has 25 heavy (non-hydrogen) atoms. The molecule has 2 atom stereocenters. The fourth-order valence-corrected chi connectivity index (χ4v) is 5.25. The van der Waals surface area contributed by atoms with Gasteiger partial charge < -0.3 is 9.32 Å². The van der Waals surface area contributed by atoms with Crippen molar-refractivity contribution in [2.24, 2.45) is 0 Å². The summed E-state index contributed by atoms with van der Waals surface area (Å²) in [6.07, 6.45) is 2.06. The molecule has 2 heterocycles. The van der Waals surface area contributed by atoms with E-state index in [0.29, 0.717) is 0 Å². The van der Waals surface area contributed by atoms with E-state index in [0.717, 1.165) is 35.1 Å². The Morgan fingerprint density at radius 1 is 1.20 bits per heavy atom. The molecule has 0 N–H and O–H groups in total. The minimum atomic E-state index is -0.205. The predicted molar refractivity (Wildman–Crippen MR) is 107 cm³/mol. The van der Waals surface area contributed by atoms with E-state index in [1.807, 2.05) is 6.07 Å². The first-order chi connectivity index (χ1) is 12.1. The van der Waals surface area contributed by atoms with Gasteiger partial charge >= 0.3 is 5.89 Å². The molecule has 3 nitrogen and oxygen atoms in total. The van der Waals surface area contributed by atoms with Crippen molar-refractivity contribution in [1.82, 2.24) is 4.90 Å². The molecule has 0 radical (unpaired) electrons. The fraction of sp³-hybridized carbons (Fsp3) is 0.316. The number of benzene rings is 2. The number of oxazole rings is 1. The highest BCUT2D eigenvalue weighted by Gasteiger charge is 2.36. The molecule has 2 unspecified atom stereocenters. The number of aryl methyl sites for hydroxylation is 1. The lowest BCUT2D eigenvalue weighted by molar-refractivity contribution is -0.673. The molecule has 0 saturated carbocycles. The maximum absolute atomic E-state index is 6.42. The number of fused-ring (bicyclic) bond motifs is 3. The van der Waals surface area contributed by atoms with Gasteiger partial charge in [0.1, 0.15) is 16.8 Å². The summed E-state index contributed by atoms with van der Waals surface area (Å²) < 4.78 is 8.24. The number of rotatable bonds is 3. The summed E-state index contributed by atoms with van der Waals surface area (Å²) in [5, 5.41) is 3.46. The van der Waals surface area contributed by atoms with Gasteiger partial charge in [0.2, 0.25) is 5.58 Å². The highest BCUT2D eigenvalue weighted by Crippen LogP contribution is 2.43. The smallest absolute Gasteiger partial charge is 0.376 e. The predicted octanol–water partition coefficient (Wildman–Crippen LogP) is 5.39. The Morgan fingerprint density at radius 2 is 2.00 bits per heavy atom. The number of hydrogen-bond donors (Lipinski definition) is 0. The van der Waals surface area contributed by atoms with Crippen LogP contribution >= 0.6 is 35.0 Å². The van der Waals surface area contributed by atoms with Crippen LogP contribution in [0.5, 0.6) is 0 Å². The zero-order chi connectivity index (χ0) is 17.6. The molecule has 0 spiro atoms. The second-order valence-corrected chi connectivity index (χ2v) is 8.27. The van der Waals surface area contributed by atoms with Crippen molar-refractivity contribution in [3.8, 4) is 0 Å². The molecule has 0 amide bonds. The lowest BCUT2D eigenvalue weighted by Crippen LogP contribution is -2.34. The van der Waals surface area contributed by atoms with Gasteiger partial charge in [0.05, 0.1) is 16.5 Å². The topological polar surface area (TPSA) is 20.3 Å². The van der Waals surface area contributed by atoms with Crippen molar-refractivity contribution in [2.75, 3.05) is 6.54 Å². The third-order valence-electron chi connectivity index (χ3n) is 4.55. The summed E-state index contributed by atoms with van der Waals surface area (Å²) >= 11 is 14.3. The maximum Gasteiger partial charge on any atom is 0.376 e. The van der Waals surface area contributed by atoms with Gasteiger partial charge in [-0.1, -0.05) is 47.6 Å². The number of nitrogens with zero attached hydrogens (tertiary/aromatic N) is 2. The normalized spacial score (nSPS) is 22.6. The van der Waals surface area contributed by atoms with Crippen LogP contribution < -0.4 is 4.57 Å². The van der Waals surface area contributed by atoms with Crippen LogP contribution in [-0.4, -0.2) is 21.7 Å². The van der Waals surface area contributed by atoms with Crippen LogP contribution in [0.1, 0.15) is 19.7 Å². The zero-order valence-corrected chi connectivity index (χ0v) is 16.4. The second kappa shape index (κ2) is 6.75. The zero-order valence-electron chi connectivity index (χ0n) is 14.1. The number of halogens is 2. The van der Waals surface area contributed by atoms with E-state index in [4.69, 9.17) is 27.6 Å². The van der Waals surface area contributed by atoms with Crippen molar-refractivity contribution < 1.29 is 8.98 Å². The summed E-state index contributed by atoms with van der Waals surface area (Å²) in [6.45, 7) is 5.85. The van der Waals surface area contributed by atoms with E-state index in [-0.39, 0.29) is 10.2 Å². The van der Waals surface area contributed by atoms with Crippen LogP contribution in [0.25, 0.3) is 27.9 Å². The summed E-state index contributed by atoms with van der Waals surface area (Å²) in [5.41, 5.74) is 1.81. The van der Waals surface area contributed by atoms with E-state index in [9.17, 15) is 0 Å². The van der Waals surface area contributed by atoms with Gasteiger partial charge in [-0.05, 0) is 31.4 Å². The highest BCUT2D eigenvalue weighted by atomic mass is 35.5. The molecule has 0 aliphatic carbocycles. The molecule has 1 aromatic heterocycles. The van der Waals surface area contributed by atoms with Crippen molar-refractivity contribution in [3.63, 3.8) is 0 Å². The molecule has 1 saturated heterocycles. The van der Waals surface area contributed by atoms with Crippen LogP contribution in [0.15, 0.2) is 45.8 Å². The molecule has 2 aromatic carbocycles. The van der Waals surface area contributed by atoms with Crippen LogP contribution in [-0.2, 0) is 6.54 Å². The van der Waals surface area contributed by atoms with Gasteiger partial charge in [-0.25, -0.2) is 0 Å². The molecular weight excluding hydrogens is 375 g/mol. The van der Waals surface area contributed by atoms with E-state index in [1.165, 1.54) is 10.8 Å². The molecule has 6 heteroatoms. The Kier molecular flexibility index (Phi) is 4.61. The first-order valence-corrected chi connectivity index (χ1v) is 10.2. The molecule has 1 aliphatic rings. The molecular formula is C19H19Cl2N2OS+. The molecule has 1 fully saturated rings. The monoisotopic (exact) mass is 393 g/mol. The Bertz CT molecular complexity index is 969. The van der Waals surface area contributed by atoms with Crippen molar-refractivity contribution >= 4 is 62.9 Å². The van der Waals surface area contributed by atoms with Gasteiger partial charge in [-0.3, -0.25) is 0 Å². The van der Waals surface area contributed by atoms with Crippen LogP contribution in [0.4, 0.5) is 0 Å².